The monoisotopic (exact) mass is 402 g/mol. The van der Waals surface area contributed by atoms with Gasteiger partial charge in [0.2, 0.25) is 11.6 Å². The first-order valence-corrected chi connectivity index (χ1v) is 9.55. The summed E-state index contributed by atoms with van der Waals surface area (Å²) in [5.74, 6) is -2.04. The zero-order valence-corrected chi connectivity index (χ0v) is 17.3. The van der Waals surface area contributed by atoms with Gasteiger partial charge in [0, 0.05) is 36.5 Å². The van der Waals surface area contributed by atoms with Crippen LogP contribution in [0.25, 0.3) is 0 Å². The fraction of sp³-hybridized carbons (Fsp3) is 0.160. The number of hydrogen-bond donors (Lipinski definition) is 0. The first-order valence-electron chi connectivity index (χ1n) is 9.55. The van der Waals surface area contributed by atoms with Gasteiger partial charge in [0.25, 0.3) is 0 Å². The van der Waals surface area contributed by atoms with Crippen LogP contribution < -0.4 is 10.0 Å². The zero-order valence-electron chi connectivity index (χ0n) is 17.3. The lowest BCUT2D eigenvalue weighted by Gasteiger charge is -2.16. The van der Waals surface area contributed by atoms with Gasteiger partial charge in [-0.25, -0.2) is 0 Å². The number of carbonyl (C=O) groups is 3. The Morgan fingerprint density at radius 2 is 1.23 bits per heavy atom. The van der Waals surface area contributed by atoms with Crippen molar-refractivity contribution in [2.75, 3.05) is 19.0 Å². The molecule has 0 fully saturated rings. The first kappa shape index (κ1) is 22.6. The standard InChI is InChI=1S/C14H10O2.C11H15NO2/c15-13(11-7-3-1-4-8-11)14(16)12-9-5-2-6-10-12;1-4-8-7-9(12(2)3)5-6-10(8)11(13)14/h1-10H;5-7H,4H2,1-3H3,(H,13,14)/p-1. The maximum Gasteiger partial charge on any atom is 0.233 e. The number of nitrogens with zero attached hydrogens (tertiary/aromatic N) is 1. The third-order valence-corrected chi connectivity index (χ3v) is 4.48. The van der Waals surface area contributed by atoms with Crippen molar-refractivity contribution in [3.05, 3.63) is 101 Å². The summed E-state index contributed by atoms with van der Waals surface area (Å²) in [5.41, 5.74) is 2.97. The number of anilines is 1. The minimum atomic E-state index is -1.10. The van der Waals surface area contributed by atoms with E-state index in [1.165, 1.54) is 0 Å². The van der Waals surface area contributed by atoms with Crippen LogP contribution in [-0.2, 0) is 6.42 Å². The summed E-state index contributed by atoms with van der Waals surface area (Å²) in [4.78, 5) is 36.3. The van der Waals surface area contributed by atoms with E-state index in [9.17, 15) is 19.5 Å². The molecule has 5 nitrogen and oxygen atoms in total. The Labute approximate surface area is 176 Å². The molecule has 0 N–H and O–H groups in total. The number of carboxylic acids is 1. The average Bonchev–Trinajstić information content (AvgIpc) is 2.79. The molecule has 0 aliphatic heterocycles. The van der Waals surface area contributed by atoms with Crippen molar-refractivity contribution in [1.29, 1.82) is 0 Å². The van der Waals surface area contributed by atoms with E-state index >= 15 is 0 Å². The number of aryl methyl sites for hydroxylation is 1. The van der Waals surface area contributed by atoms with Crippen molar-refractivity contribution in [3.63, 3.8) is 0 Å². The molecule has 3 rings (SSSR count). The molecule has 30 heavy (non-hydrogen) atoms. The number of rotatable bonds is 6. The van der Waals surface area contributed by atoms with E-state index in [4.69, 9.17) is 0 Å². The summed E-state index contributed by atoms with van der Waals surface area (Å²) in [7, 11) is 3.85. The Balaban J connectivity index is 0.000000216. The molecule has 0 spiro atoms. The van der Waals surface area contributed by atoms with Gasteiger partial charge in [0.15, 0.2) is 0 Å². The minimum Gasteiger partial charge on any atom is -0.545 e. The van der Waals surface area contributed by atoms with Crippen LogP contribution in [-0.4, -0.2) is 31.6 Å². The highest BCUT2D eigenvalue weighted by molar-refractivity contribution is 6.49. The quantitative estimate of drug-likeness (QED) is 0.466. The van der Waals surface area contributed by atoms with E-state index in [1.54, 1.807) is 60.7 Å². The van der Waals surface area contributed by atoms with E-state index in [1.807, 2.05) is 44.1 Å². The maximum absolute atomic E-state index is 11.8. The highest BCUT2D eigenvalue weighted by Gasteiger charge is 2.17. The summed E-state index contributed by atoms with van der Waals surface area (Å²) in [6.07, 6.45) is 0.699. The molecule has 154 valence electrons. The lowest BCUT2D eigenvalue weighted by molar-refractivity contribution is -0.255. The molecule has 0 radical (unpaired) electrons. The number of ketones is 2. The highest BCUT2D eigenvalue weighted by atomic mass is 16.4. The van der Waals surface area contributed by atoms with Gasteiger partial charge in [-0.05, 0) is 24.1 Å². The molecule has 0 unspecified atom stereocenters. The lowest BCUT2D eigenvalue weighted by Crippen LogP contribution is -2.24. The number of Topliss-reactive ketones (excluding diaryl/α,β-unsaturated/α-hetero) is 2. The Morgan fingerprint density at radius 3 is 1.60 bits per heavy atom. The van der Waals surface area contributed by atoms with Gasteiger partial charge in [-0.1, -0.05) is 73.7 Å². The molecule has 0 saturated carbocycles. The van der Waals surface area contributed by atoms with Crippen molar-refractivity contribution in [1.82, 2.24) is 0 Å². The maximum atomic E-state index is 11.8. The summed E-state index contributed by atoms with van der Waals surface area (Å²) in [6, 6.07) is 22.4. The molecule has 0 heterocycles. The van der Waals surface area contributed by atoms with E-state index in [0.717, 1.165) is 11.3 Å². The molecule has 0 amide bonds. The zero-order chi connectivity index (χ0) is 22.1. The minimum absolute atomic E-state index is 0.290. The van der Waals surface area contributed by atoms with Gasteiger partial charge < -0.3 is 14.8 Å². The second-order valence-electron chi connectivity index (χ2n) is 6.77. The summed E-state index contributed by atoms with van der Waals surface area (Å²) in [5, 5.41) is 10.7. The Kier molecular flexibility index (Phi) is 8.06. The third-order valence-electron chi connectivity index (χ3n) is 4.48. The van der Waals surface area contributed by atoms with Crippen LogP contribution >= 0.6 is 0 Å². The van der Waals surface area contributed by atoms with E-state index in [0.29, 0.717) is 17.5 Å². The summed E-state index contributed by atoms with van der Waals surface area (Å²) >= 11 is 0. The van der Waals surface area contributed by atoms with Crippen molar-refractivity contribution >= 4 is 23.2 Å². The Hall–Kier alpha value is -3.73. The first-order chi connectivity index (χ1) is 14.3. The SMILES string of the molecule is CCc1cc(N(C)C)ccc1C(=O)[O-].O=C(C(=O)c1ccccc1)c1ccccc1. The Morgan fingerprint density at radius 1 is 0.767 bits per heavy atom. The van der Waals surface area contributed by atoms with Crippen molar-refractivity contribution in [3.8, 4) is 0 Å². The van der Waals surface area contributed by atoms with E-state index in [2.05, 4.69) is 0 Å². The van der Waals surface area contributed by atoms with Crippen molar-refractivity contribution in [2.24, 2.45) is 0 Å². The molecule has 3 aromatic rings. The predicted molar refractivity (Wildman–Crippen MR) is 116 cm³/mol. The molecular weight excluding hydrogens is 378 g/mol. The number of carboxylic acid groups (broad SMARTS) is 1. The van der Waals surface area contributed by atoms with Gasteiger partial charge >= 0.3 is 0 Å². The smallest absolute Gasteiger partial charge is 0.233 e. The van der Waals surface area contributed by atoms with Crippen molar-refractivity contribution in [2.45, 2.75) is 13.3 Å². The van der Waals surface area contributed by atoms with Crippen LogP contribution in [0.15, 0.2) is 78.9 Å². The largest absolute Gasteiger partial charge is 0.545 e. The van der Waals surface area contributed by atoms with Crippen LogP contribution in [0, 0.1) is 0 Å². The van der Waals surface area contributed by atoms with Crippen LogP contribution in [0.4, 0.5) is 5.69 Å². The van der Waals surface area contributed by atoms with Crippen molar-refractivity contribution < 1.29 is 19.5 Å². The molecular formula is C25H24NO4-. The fourth-order valence-electron chi connectivity index (χ4n) is 2.79. The van der Waals surface area contributed by atoms with Gasteiger partial charge in [-0.3, -0.25) is 9.59 Å². The predicted octanol–water partition coefficient (Wildman–Crippen LogP) is 3.43. The summed E-state index contributed by atoms with van der Waals surface area (Å²) in [6.45, 7) is 1.93. The van der Waals surface area contributed by atoms with Gasteiger partial charge in [0.1, 0.15) is 0 Å². The number of benzene rings is 3. The second kappa shape index (κ2) is 10.7. The average molecular weight is 402 g/mol. The molecule has 5 heteroatoms. The molecule has 0 bridgehead atoms. The third kappa shape index (κ3) is 5.88. The molecule has 0 saturated heterocycles. The number of aromatic carboxylic acids is 1. The van der Waals surface area contributed by atoms with Gasteiger partial charge in [-0.15, -0.1) is 0 Å². The molecule has 0 aliphatic carbocycles. The molecule has 0 atom stereocenters. The molecule has 3 aromatic carbocycles. The van der Waals surface area contributed by atoms with E-state index < -0.39 is 17.5 Å². The second-order valence-corrected chi connectivity index (χ2v) is 6.77. The summed E-state index contributed by atoms with van der Waals surface area (Å²) < 4.78 is 0. The topological polar surface area (TPSA) is 77.5 Å². The van der Waals surface area contributed by atoms with Gasteiger partial charge in [-0.2, -0.15) is 0 Å². The normalized spacial score (nSPS) is 9.83. The van der Waals surface area contributed by atoms with Gasteiger partial charge in [0.05, 0.1) is 5.97 Å². The number of carbonyl (C=O) groups excluding carboxylic acids is 3. The van der Waals surface area contributed by atoms with E-state index in [-0.39, 0.29) is 5.56 Å². The van der Waals surface area contributed by atoms with Crippen LogP contribution in [0.3, 0.4) is 0 Å². The van der Waals surface area contributed by atoms with Crippen LogP contribution in [0.1, 0.15) is 43.6 Å². The number of hydrogen-bond acceptors (Lipinski definition) is 5. The fourth-order valence-corrected chi connectivity index (χ4v) is 2.79. The highest BCUT2D eigenvalue weighted by Crippen LogP contribution is 2.18. The Bertz CT molecular complexity index is 962. The lowest BCUT2D eigenvalue weighted by atomic mass is 10.0. The van der Waals surface area contributed by atoms with Crippen LogP contribution in [0.5, 0.6) is 0 Å². The molecule has 0 aliphatic rings. The molecule has 0 aromatic heterocycles. The van der Waals surface area contributed by atoms with Crippen LogP contribution in [0.2, 0.25) is 0 Å².